The number of nitrogens with one attached hydrogen (secondary N) is 1. The van der Waals surface area contributed by atoms with E-state index in [1.54, 1.807) is 11.3 Å². The smallest absolute Gasteiger partial charge is 0.0934 e. The maximum absolute atomic E-state index is 6.20. The first-order chi connectivity index (χ1) is 12.2. The Morgan fingerprint density at radius 3 is 2.68 bits per heavy atom. The van der Waals surface area contributed by atoms with Gasteiger partial charge in [0.2, 0.25) is 0 Å². The Bertz CT molecular complexity index is 948. The van der Waals surface area contributed by atoms with Crippen LogP contribution in [0.5, 0.6) is 0 Å². The molecule has 4 heteroatoms. The van der Waals surface area contributed by atoms with Crippen molar-refractivity contribution in [3.05, 3.63) is 82.5 Å². The fourth-order valence-corrected chi connectivity index (χ4v) is 4.41. The number of rotatable bonds is 4. The molecule has 1 aliphatic heterocycles. The van der Waals surface area contributed by atoms with Crippen LogP contribution in [-0.2, 0) is 13.5 Å². The minimum absolute atomic E-state index is 0.824. The van der Waals surface area contributed by atoms with Crippen molar-refractivity contribution in [2.75, 3.05) is 6.54 Å². The highest BCUT2D eigenvalue weighted by Gasteiger charge is 2.19. The first kappa shape index (κ1) is 16.2. The van der Waals surface area contributed by atoms with E-state index in [1.165, 1.54) is 32.8 Å². The SMILES string of the molecule is Cn1cc(-c2ccc(Cl)s2)c(CC2=CNCC=C2)c1-c1ccccc1. The summed E-state index contributed by atoms with van der Waals surface area (Å²) < 4.78 is 3.05. The molecule has 2 aromatic heterocycles. The van der Waals surface area contributed by atoms with E-state index >= 15 is 0 Å². The standard InChI is InChI=1S/C21H19ClN2S/c1-24-14-18(19-9-10-20(22)25-19)17(12-15-6-5-11-23-13-15)21(24)16-7-3-2-4-8-16/h2-10,13-14,23H,11-12H2,1H3. The molecule has 1 N–H and O–H groups in total. The number of allylic oxidation sites excluding steroid dienone is 2. The summed E-state index contributed by atoms with van der Waals surface area (Å²) in [5.74, 6) is 0. The summed E-state index contributed by atoms with van der Waals surface area (Å²) in [4.78, 5) is 1.21. The molecular formula is C21H19ClN2S. The zero-order chi connectivity index (χ0) is 17.2. The second-order valence-corrected chi connectivity index (χ2v) is 7.87. The third-order valence-electron chi connectivity index (χ3n) is 4.41. The van der Waals surface area contributed by atoms with Crippen LogP contribution in [-0.4, -0.2) is 11.1 Å². The average molecular weight is 367 g/mol. The van der Waals surface area contributed by atoms with Gasteiger partial charge in [0.15, 0.2) is 0 Å². The van der Waals surface area contributed by atoms with Gasteiger partial charge in [0.1, 0.15) is 0 Å². The maximum Gasteiger partial charge on any atom is 0.0934 e. The Kier molecular flexibility index (Phi) is 4.51. The molecule has 126 valence electrons. The molecule has 0 spiro atoms. The second-order valence-electron chi connectivity index (χ2n) is 6.16. The van der Waals surface area contributed by atoms with Crippen LogP contribution < -0.4 is 5.32 Å². The molecule has 4 rings (SSSR count). The highest BCUT2D eigenvalue weighted by Crippen LogP contribution is 2.39. The Balaban J connectivity index is 1.87. The van der Waals surface area contributed by atoms with Gasteiger partial charge in [0.25, 0.3) is 0 Å². The van der Waals surface area contributed by atoms with Gasteiger partial charge in [-0.3, -0.25) is 0 Å². The number of nitrogens with zero attached hydrogens (tertiary/aromatic N) is 1. The first-order valence-electron chi connectivity index (χ1n) is 8.30. The van der Waals surface area contributed by atoms with Crippen LogP contribution in [0.1, 0.15) is 5.56 Å². The molecule has 2 nitrogen and oxygen atoms in total. The molecule has 3 aromatic rings. The van der Waals surface area contributed by atoms with Crippen molar-refractivity contribution >= 4 is 22.9 Å². The highest BCUT2D eigenvalue weighted by molar-refractivity contribution is 7.19. The van der Waals surface area contributed by atoms with Crippen LogP contribution in [0.25, 0.3) is 21.7 Å². The van der Waals surface area contributed by atoms with Gasteiger partial charge < -0.3 is 9.88 Å². The quantitative estimate of drug-likeness (QED) is 0.630. The molecule has 1 aromatic carbocycles. The summed E-state index contributed by atoms with van der Waals surface area (Å²) in [6.07, 6.45) is 9.61. The number of thiophene rings is 1. The summed E-state index contributed by atoms with van der Waals surface area (Å²) in [6.45, 7) is 0.900. The molecule has 0 amide bonds. The predicted octanol–water partition coefficient (Wildman–Crippen LogP) is 5.66. The third kappa shape index (κ3) is 3.30. The monoisotopic (exact) mass is 366 g/mol. The van der Waals surface area contributed by atoms with Gasteiger partial charge in [-0.1, -0.05) is 54.1 Å². The van der Waals surface area contributed by atoms with Crippen LogP contribution in [0.4, 0.5) is 0 Å². The Morgan fingerprint density at radius 2 is 2.00 bits per heavy atom. The van der Waals surface area contributed by atoms with Crippen molar-refractivity contribution < 1.29 is 0 Å². The van der Waals surface area contributed by atoms with Crippen LogP contribution in [0.15, 0.2) is 72.6 Å². The van der Waals surface area contributed by atoms with Crippen LogP contribution in [0.3, 0.4) is 0 Å². The lowest BCUT2D eigenvalue weighted by Gasteiger charge is -2.12. The number of halogens is 1. The molecule has 0 unspecified atom stereocenters. The molecule has 1 aliphatic rings. The molecule has 0 aliphatic carbocycles. The van der Waals surface area contributed by atoms with E-state index in [0.717, 1.165) is 17.3 Å². The number of benzene rings is 1. The van der Waals surface area contributed by atoms with Gasteiger partial charge in [-0.05, 0) is 28.8 Å². The van der Waals surface area contributed by atoms with Gasteiger partial charge >= 0.3 is 0 Å². The predicted molar refractivity (Wildman–Crippen MR) is 108 cm³/mol. The van der Waals surface area contributed by atoms with Gasteiger partial charge in [0.05, 0.1) is 10.0 Å². The molecule has 0 bridgehead atoms. The van der Waals surface area contributed by atoms with E-state index in [4.69, 9.17) is 11.6 Å². The van der Waals surface area contributed by atoms with Gasteiger partial charge in [0, 0.05) is 42.9 Å². The number of dihydropyridines is 1. The molecule has 3 heterocycles. The molecule has 0 atom stereocenters. The van der Waals surface area contributed by atoms with E-state index < -0.39 is 0 Å². The van der Waals surface area contributed by atoms with Gasteiger partial charge in [-0.2, -0.15) is 0 Å². The van der Waals surface area contributed by atoms with Gasteiger partial charge in [-0.25, -0.2) is 0 Å². The number of aromatic nitrogens is 1. The number of aryl methyl sites for hydroxylation is 1. The summed E-state index contributed by atoms with van der Waals surface area (Å²) in [6, 6.07) is 14.7. The molecule has 0 saturated heterocycles. The van der Waals surface area contributed by atoms with Crippen LogP contribution in [0.2, 0.25) is 4.34 Å². The number of hydrogen-bond donors (Lipinski definition) is 1. The zero-order valence-corrected chi connectivity index (χ0v) is 15.6. The van der Waals surface area contributed by atoms with Crippen molar-refractivity contribution in [1.29, 1.82) is 0 Å². The van der Waals surface area contributed by atoms with E-state index in [9.17, 15) is 0 Å². The molecular weight excluding hydrogens is 348 g/mol. The van der Waals surface area contributed by atoms with Crippen molar-refractivity contribution in [2.45, 2.75) is 6.42 Å². The minimum Gasteiger partial charge on any atom is -0.387 e. The normalized spacial score (nSPS) is 13.6. The lowest BCUT2D eigenvalue weighted by molar-refractivity contribution is 0.923. The van der Waals surface area contributed by atoms with Crippen LogP contribution >= 0.6 is 22.9 Å². The average Bonchev–Trinajstić information content (AvgIpc) is 3.20. The Morgan fingerprint density at radius 1 is 1.16 bits per heavy atom. The van der Waals surface area contributed by atoms with Crippen molar-refractivity contribution in [3.63, 3.8) is 0 Å². The fraction of sp³-hybridized carbons (Fsp3) is 0.143. The second kappa shape index (κ2) is 6.95. The summed E-state index contributed by atoms with van der Waals surface area (Å²) in [7, 11) is 2.12. The first-order valence-corrected chi connectivity index (χ1v) is 9.50. The van der Waals surface area contributed by atoms with E-state index in [-0.39, 0.29) is 0 Å². The van der Waals surface area contributed by atoms with Gasteiger partial charge in [-0.15, -0.1) is 11.3 Å². The van der Waals surface area contributed by atoms with E-state index in [2.05, 4.69) is 77.9 Å². The van der Waals surface area contributed by atoms with Crippen molar-refractivity contribution in [2.24, 2.45) is 7.05 Å². The largest absolute Gasteiger partial charge is 0.387 e. The molecule has 0 radical (unpaired) electrons. The summed E-state index contributed by atoms with van der Waals surface area (Å²) in [5, 5.41) is 3.31. The molecule has 0 fully saturated rings. The fourth-order valence-electron chi connectivity index (χ4n) is 3.33. The minimum atomic E-state index is 0.824. The maximum atomic E-state index is 6.20. The third-order valence-corrected chi connectivity index (χ3v) is 5.67. The molecule has 25 heavy (non-hydrogen) atoms. The van der Waals surface area contributed by atoms with Crippen molar-refractivity contribution in [1.82, 2.24) is 9.88 Å². The van der Waals surface area contributed by atoms with E-state index in [1.807, 2.05) is 6.07 Å². The molecule has 0 saturated carbocycles. The lowest BCUT2D eigenvalue weighted by atomic mass is 9.97. The zero-order valence-electron chi connectivity index (χ0n) is 14.0. The summed E-state index contributed by atoms with van der Waals surface area (Å²) in [5.41, 5.74) is 6.39. The lowest BCUT2D eigenvalue weighted by Crippen LogP contribution is -2.10. The Hall–Kier alpha value is -2.23. The van der Waals surface area contributed by atoms with Crippen molar-refractivity contribution in [3.8, 4) is 21.7 Å². The highest BCUT2D eigenvalue weighted by atomic mass is 35.5. The van der Waals surface area contributed by atoms with E-state index in [0.29, 0.717) is 0 Å². The number of hydrogen-bond acceptors (Lipinski definition) is 2. The summed E-state index contributed by atoms with van der Waals surface area (Å²) >= 11 is 7.83. The topological polar surface area (TPSA) is 17.0 Å². The Labute approximate surface area is 157 Å². The van der Waals surface area contributed by atoms with Crippen LogP contribution in [0, 0.1) is 0 Å².